The second-order valence-electron chi connectivity index (χ2n) is 6.65. The van der Waals surface area contributed by atoms with Crippen LogP contribution >= 0.6 is 23.1 Å². The SMILES string of the molecule is CN=C(NCc1sc(C)nc1C)NCC1(N2CCOCC2)CCSC1. The first-order valence-electron chi connectivity index (χ1n) is 8.91. The Morgan fingerprint density at radius 3 is 2.72 bits per heavy atom. The number of guanidine groups is 1. The lowest BCUT2D eigenvalue weighted by atomic mass is 9.95. The van der Waals surface area contributed by atoms with Gasteiger partial charge in [0.25, 0.3) is 0 Å². The van der Waals surface area contributed by atoms with E-state index in [4.69, 9.17) is 4.74 Å². The molecule has 1 aromatic rings. The van der Waals surface area contributed by atoms with Crippen LogP contribution in [0.2, 0.25) is 0 Å². The molecule has 3 heterocycles. The van der Waals surface area contributed by atoms with Gasteiger partial charge >= 0.3 is 0 Å². The Hall–Kier alpha value is -0.830. The van der Waals surface area contributed by atoms with Gasteiger partial charge in [0.1, 0.15) is 0 Å². The van der Waals surface area contributed by atoms with Crippen LogP contribution in [0.15, 0.2) is 4.99 Å². The molecule has 0 amide bonds. The van der Waals surface area contributed by atoms with E-state index in [-0.39, 0.29) is 5.54 Å². The average molecular weight is 384 g/mol. The molecule has 2 aliphatic heterocycles. The molecular weight excluding hydrogens is 354 g/mol. The zero-order valence-electron chi connectivity index (χ0n) is 15.4. The molecule has 2 saturated heterocycles. The van der Waals surface area contributed by atoms with Crippen molar-refractivity contribution in [3.63, 3.8) is 0 Å². The summed E-state index contributed by atoms with van der Waals surface area (Å²) in [5, 5.41) is 8.13. The summed E-state index contributed by atoms with van der Waals surface area (Å²) in [5.41, 5.74) is 1.34. The van der Waals surface area contributed by atoms with Crippen molar-refractivity contribution in [2.24, 2.45) is 4.99 Å². The van der Waals surface area contributed by atoms with Crippen LogP contribution in [-0.4, -0.2) is 72.8 Å². The van der Waals surface area contributed by atoms with Crippen molar-refractivity contribution in [3.05, 3.63) is 15.6 Å². The molecule has 25 heavy (non-hydrogen) atoms. The van der Waals surface area contributed by atoms with Gasteiger partial charge in [0.15, 0.2) is 5.96 Å². The highest BCUT2D eigenvalue weighted by atomic mass is 32.2. The summed E-state index contributed by atoms with van der Waals surface area (Å²) >= 11 is 3.81. The smallest absolute Gasteiger partial charge is 0.191 e. The molecule has 0 aliphatic carbocycles. The summed E-state index contributed by atoms with van der Waals surface area (Å²) in [4.78, 5) is 12.8. The molecular formula is C17H29N5OS2. The Morgan fingerprint density at radius 1 is 1.32 bits per heavy atom. The number of aliphatic imine (C=N–C) groups is 1. The maximum Gasteiger partial charge on any atom is 0.191 e. The van der Waals surface area contributed by atoms with Gasteiger partial charge in [-0.2, -0.15) is 11.8 Å². The van der Waals surface area contributed by atoms with Crippen molar-refractivity contribution < 1.29 is 4.74 Å². The zero-order valence-corrected chi connectivity index (χ0v) is 17.1. The summed E-state index contributed by atoms with van der Waals surface area (Å²) < 4.78 is 5.54. The molecule has 2 aliphatic rings. The van der Waals surface area contributed by atoms with Gasteiger partial charge in [-0.05, 0) is 26.0 Å². The van der Waals surface area contributed by atoms with Crippen LogP contribution in [0.1, 0.15) is 22.0 Å². The van der Waals surface area contributed by atoms with Crippen molar-refractivity contribution in [2.75, 3.05) is 51.4 Å². The first-order chi connectivity index (χ1) is 12.1. The Bertz CT molecular complexity index is 592. The Labute approximate surface area is 158 Å². The van der Waals surface area contributed by atoms with Crippen LogP contribution in [-0.2, 0) is 11.3 Å². The van der Waals surface area contributed by atoms with E-state index in [9.17, 15) is 0 Å². The van der Waals surface area contributed by atoms with Crippen LogP contribution in [0.4, 0.5) is 0 Å². The fourth-order valence-corrected chi connectivity index (χ4v) is 5.86. The van der Waals surface area contributed by atoms with Gasteiger partial charge in [0, 0.05) is 42.9 Å². The molecule has 1 unspecified atom stereocenters. The first kappa shape index (κ1) is 18.9. The molecule has 2 N–H and O–H groups in total. The summed E-state index contributed by atoms with van der Waals surface area (Å²) in [6, 6.07) is 0. The molecule has 6 nitrogen and oxygen atoms in total. The number of thiazole rings is 1. The average Bonchev–Trinajstić information content (AvgIpc) is 3.23. The second kappa shape index (κ2) is 8.70. The van der Waals surface area contributed by atoms with E-state index >= 15 is 0 Å². The van der Waals surface area contributed by atoms with E-state index in [1.807, 2.05) is 7.05 Å². The van der Waals surface area contributed by atoms with Crippen molar-refractivity contribution in [1.29, 1.82) is 0 Å². The number of aromatic nitrogens is 1. The normalized spacial score (nSPS) is 25.3. The molecule has 0 spiro atoms. The lowest BCUT2D eigenvalue weighted by molar-refractivity contribution is -0.0120. The fourth-order valence-electron chi connectivity index (χ4n) is 3.51. The maximum absolute atomic E-state index is 5.54. The van der Waals surface area contributed by atoms with E-state index in [1.54, 1.807) is 11.3 Å². The van der Waals surface area contributed by atoms with Crippen molar-refractivity contribution in [2.45, 2.75) is 32.4 Å². The lowest BCUT2D eigenvalue weighted by Gasteiger charge is -2.43. The summed E-state index contributed by atoms with van der Waals surface area (Å²) in [7, 11) is 1.84. The molecule has 8 heteroatoms. The first-order valence-corrected chi connectivity index (χ1v) is 10.9. The molecule has 1 atom stereocenters. The predicted molar refractivity (Wildman–Crippen MR) is 107 cm³/mol. The minimum Gasteiger partial charge on any atom is -0.379 e. The van der Waals surface area contributed by atoms with E-state index in [0.29, 0.717) is 0 Å². The molecule has 0 aromatic carbocycles. The molecule has 0 saturated carbocycles. The third kappa shape index (κ3) is 4.67. The van der Waals surface area contributed by atoms with E-state index < -0.39 is 0 Å². The van der Waals surface area contributed by atoms with Gasteiger partial charge < -0.3 is 15.4 Å². The maximum atomic E-state index is 5.54. The highest BCUT2D eigenvalue weighted by Crippen LogP contribution is 2.33. The van der Waals surface area contributed by atoms with Gasteiger partial charge in [-0.3, -0.25) is 9.89 Å². The van der Waals surface area contributed by atoms with Crippen LogP contribution in [0, 0.1) is 13.8 Å². The Morgan fingerprint density at radius 2 is 2.12 bits per heavy atom. The molecule has 3 rings (SSSR count). The van der Waals surface area contributed by atoms with Crippen molar-refractivity contribution in [3.8, 4) is 0 Å². The third-order valence-corrected chi connectivity index (χ3v) is 7.30. The van der Waals surface area contributed by atoms with Crippen LogP contribution in [0.5, 0.6) is 0 Å². The lowest BCUT2D eigenvalue weighted by Crippen LogP contribution is -2.60. The van der Waals surface area contributed by atoms with Crippen LogP contribution in [0.25, 0.3) is 0 Å². The standard InChI is InChI=1S/C17H29N5OS2/c1-13-15(25-14(2)21-13)10-19-16(18-3)20-11-17(4-9-24-12-17)22-5-7-23-8-6-22/h4-12H2,1-3H3,(H2,18,19,20). The van der Waals surface area contributed by atoms with Crippen molar-refractivity contribution in [1.82, 2.24) is 20.5 Å². The molecule has 0 bridgehead atoms. The second-order valence-corrected chi connectivity index (χ2v) is 9.04. The number of ether oxygens (including phenoxy) is 1. The zero-order chi connectivity index (χ0) is 17.7. The van der Waals surface area contributed by atoms with Crippen LogP contribution < -0.4 is 10.6 Å². The summed E-state index contributed by atoms with van der Waals surface area (Å²) in [6.45, 7) is 9.60. The number of rotatable bonds is 5. The third-order valence-electron chi connectivity index (χ3n) is 4.99. The predicted octanol–water partition coefficient (Wildman–Crippen LogP) is 1.63. The summed E-state index contributed by atoms with van der Waals surface area (Å²) in [6.07, 6.45) is 1.23. The van der Waals surface area contributed by atoms with Gasteiger partial charge in [-0.15, -0.1) is 11.3 Å². The molecule has 1 aromatic heterocycles. The monoisotopic (exact) mass is 383 g/mol. The minimum atomic E-state index is 0.225. The number of hydrogen-bond acceptors (Lipinski definition) is 6. The van der Waals surface area contributed by atoms with Gasteiger partial charge in [0.2, 0.25) is 0 Å². The Balaban J connectivity index is 1.56. The van der Waals surface area contributed by atoms with Crippen LogP contribution in [0.3, 0.4) is 0 Å². The largest absolute Gasteiger partial charge is 0.379 e. The minimum absolute atomic E-state index is 0.225. The topological polar surface area (TPSA) is 61.8 Å². The number of morpholine rings is 1. The van der Waals surface area contributed by atoms with E-state index in [2.05, 4.69) is 51.1 Å². The molecule has 2 fully saturated rings. The Kier molecular flexibility index (Phi) is 6.60. The quantitative estimate of drug-likeness (QED) is 0.595. The molecule has 140 valence electrons. The summed E-state index contributed by atoms with van der Waals surface area (Å²) in [5.74, 6) is 3.30. The highest BCUT2D eigenvalue weighted by molar-refractivity contribution is 7.99. The number of aryl methyl sites for hydroxylation is 2. The van der Waals surface area contributed by atoms with Gasteiger partial charge in [-0.1, -0.05) is 0 Å². The number of hydrogen-bond donors (Lipinski definition) is 2. The van der Waals surface area contributed by atoms with Crippen molar-refractivity contribution >= 4 is 29.1 Å². The molecule has 0 radical (unpaired) electrons. The fraction of sp³-hybridized carbons (Fsp3) is 0.765. The van der Waals surface area contributed by atoms with Gasteiger partial charge in [-0.25, -0.2) is 4.98 Å². The number of nitrogens with one attached hydrogen (secondary N) is 2. The number of thioether (sulfide) groups is 1. The number of nitrogens with zero attached hydrogens (tertiary/aromatic N) is 3. The highest BCUT2D eigenvalue weighted by Gasteiger charge is 2.40. The van der Waals surface area contributed by atoms with E-state index in [1.165, 1.54) is 22.8 Å². The van der Waals surface area contributed by atoms with E-state index in [0.717, 1.165) is 56.1 Å². The van der Waals surface area contributed by atoms with Gasteiger partial charge in [0.05, 0.1) is 30.5 Å².